The van der Waals surface area contributed by atoms with Gasteiger partial charge in [0.15, 0.2) is 5.56 Å². The third-order valence-electron chi connectivity index (χ3n) is 4.53. The van der Waals surface area contributed by atoms with Gasteiger partial charge in [0.1, 0.15) is 13.2 Å². The number of ether oxygens (including phenoxy) is 3. The summed E-state index contributed by atoms with van der Waals surface area (Å²) in [7, 11) is 0. The van der Waals surface area contributed by atoms with E-state index >= 15 is 0 Å². The van der Waals surface area contributed by atoms with Crippen LogP contribution in [0.2, 0.25) is 10.0 Å². The number of nitrogens with zero attached hydrogens (tertiary/aromatic N) is 1. The van der Waals surface area contributed by atoms with E-state index in [1.807, 2.05) is 0 Å². The normalized spacial score (nSPS) is 11.1. The number of aromatic nitrogens is 1. The first kappa shape index (κ1) is 27.8. The Balaban J connectivity index is 1.70. The van der Waals surface area contributed by atoms with Gasteiger partial charge in [-0.3, -0.25) is 10.1 Å². The molecule has 1 heterocycles. The number of amides is 1. The van der Waals surface area contributed by atoms with Gasteiger partial charge in [-0.15, -0.1) is 0 Å². The monoisotopic (exact) mass is 560 g/mol. The van der Waals surface area contributed by atoms with Crippen molar-refractivity contribution in [2.24, 2.45) is 0 Å². The molecule has 0 saturated heterocycles. The second-order valence-corrected chi connectivity index (χ2v) is 7.90. The van der Waals surface area contributed by atoms with E-state index < -0.39 is 46.9 Å². The van der Waals surface area contributed by atoms with E-state index in [9.17, 15) is 27.6 Å². The number of benzene rings is 2. The standard InChI is InChI=1S/C23H17Cl2F3N2O7/c1-2-34-22(33)17-19(29-18(31)12-4-3-5-13(10-12)23(26,27)28)37-30-20(17)35-8-9-36-21(32)15-7-6-14(24)11-16(15)25/h3-7,10-11H,2,8-9H2,1H3,(H,29,31). The Morgan fingerprint density at radius 2 is 1.78 bits per heavy atom. The fraction of sp³-hybridized carbons (Fsp3) is 0.217. The van der Waals surface area contributed by atoms with Crippen LogP contribution in [-0.4, -0.2) is 42.8 Å². The van der Waals surface area contributed by atoms with Gasteiger partial charge in [-0.1, -0.05) is 29.3 Å². The third kappa shape index (κ3) is 7.14. The lowest BCUT2D eigenvalue weighted by atomic mass is 10.1. The molecule has 1 N–H and O–H groups in total. The third-order valence-corrected chi connectivity index (χ3v) is 5.07. The SMILES string of the molecule is CCOC(=O)c1c(OCCOC(=O)c2ccc(Cl)cc2Cl)noc1NC(=O)c1cccc(C(F)(F)F)c1. The number of anilines is 1. The number of esters is 2. The highest BCUT2D eigenvalue weighted by molar-refractivity contribution is 6.36. The lowest BCUT2D eigenvalue weighted by molar-refractivity contribution is -0.137. The number of halogens is 5. The first-order valence-electron chi connectivity index (χ1n) is 10.4. The van der Waals surface area contributed by atoms with E-state index in [1.165, 1.54) is 25.1 Å². The van der Waals surface area contributed by atoms with Crippen LogP contribution in [0.1, 0.15) is 43.6 Å². The van der Waals surface area contributed by atoms with Crippen molar-refractivity contribution in [1.29, 1.82) is 0 Å². The van der Waals surface area contributed by atoms with Gasteiger partial charge < -0.3 is 18.7 Å². The molecule has 0 spiro atoms. The molecule has 196 valence electrons. The van der Waals surface area contributed by atoms with Crippen LogP contribution in [0, 0.1) is 0 Å². The number of hydrogen-bond donors (Lipinski definition) is 1. The maximum Gasteiger partial charge on any atom is 0.416 e. The Morgan fingerprint density at radius 3 is 2.46 bits per heavy atom. The van der Waals surface area contributed by atoms with Crippen LogP contribution in [0.25, 0.3) is 0 Å². The van der Waals surface area contributed by atoms with Crippen LogP contribution >= 0.6 is 23.2 Å². The molecule has 1 amide bonds. The Morgan fingerprint density at radius 1 is 1.03 bits per heavy atom. The van der Waals surface area contributed by atoms with Crippen LogP contribution in [0.15, 0.2) is 47.0 Å². The summed E-state index contributed by atoms with van der Waals surface area (Å²) in [5.74, 6) is -3.67. The maximum absolute atomic E-state index is 13.0. The Bertz CT molecular complexity index is 1310. The van der Waals surface area contributed by atoms with E-state index in [0.29, 0.717) is 11.1 Å². The predicted molar refractivity (Wildman–Crippen MR) is 124 cm³/mol. The van der Waals surface area contributed by atoms with Gasteiger partial charge in [0.2, 0.25) is 5.88 Å². The fourth-order valence-corrected chi connectivity index (χ4v) is 3.35. The summed E-state index contributed by atoms with van der Waals surface area (Å²) in [5, 5.41) is 6.15. The van der Waals surface area contributed by atoms with Gasteiger partial charge in [0, 0.05) is 10.6 Å². The molecule has 3 aromatic rings. The van der Waals surface area contributed by atoms with Crippen LogP contribution < -0.4 is 10.1 Å². The van der Waals surface area contributed by atoms with Gasteiger partial charge in [-0.05, 0) is 48.5 Å². The molecule has 0 aliphatic heterocycles. The molecule has 0 bridgehead atoms. The second kappa shape index (κ2) is 12.0. The summed E-state index contributed by atoms with van der Waals surface area (Å²) >= 11 is 11.7. The molecule has 3 rings (SSSR count). The summed E-state index contributed by atoms with van der Waals surface area (Å²) in [4.78, 5) is 37.1. The quantitative estimate of drug-likeness (QED) is 0.263. The lowest BCUT2D eigenvalue weighted by Crippen LogP contribution is -2.17. The minimum absolute atomic E-state index is 0.0517. The van der Waals surface area contributed by atoms with Gasteiger partial charge >= 0.3 is 18.1 Å². The number of hydrogen-bond acceptors (Lipinski definition) is 8. The van der Waals surface area contributed by atoms with E-state index in [2.05, 4.69) is 10.5 Å². The highest BCUT2D eigenvalue weighted by atomic mass is 35.5. The van der Waals surface area contributed by atoms with E-state index in [1.54, 1.807) is 0 Å². The summed E-state index contributed by atoms with van der Waals surface area (Å²) in [6, 6.07) is 7.83. The largest absolute Gasteiger partial charge is 0.471 e. The van der Waals surface area contributed by atoms with Crippen molar-refractivity contribution in [3.63, 3.8) is 0 Å². The first-order valence-corrected chi connectivity index (χ1v) is 11.2. The Labute approximate surface area is 217 Å². The van der Waals surface area contributed by atoms with Crippen molar-refractivity contribution < 1.29 is 46.3 Å². The Kier molecular flexibility index (Phi) is 9.00. The number of rotatable bonds is 9. The van der Waals surface area contributed by atoms with Crippen molar-refractivity contribution in [3.05, 3.63) is 74.8 Å². The zero-order valence-corrected chi connectivity index (χ0v) is 20.4. The topological polar surface area (TPSA) is 117 Å². The summed E-state index contributed by atoms with van der Waals surface area (Å²) < 4.78 is 59.2. The summed E-state index contributed by atoms with van der Waals surface area (Å²) in [5.41, 5.74) is -1.74. The van der Waals surface area contributed by atoms with Gasteiger partial charge in [-0.2, -0.15) is 13.2 Å². The highest BCUT2D eigenvalue weighted by Gasteiger charge is 2.32. The van der Waals surface area contributed by atoms with Crippen molar-refractivity contribution in [1.82, 2.24) is 5.16 Å². The van der Waals surface area contributed by atoms with Crippen molar-refractivity contribution in [2.75, 3.05) is 25.1 Å². The predicted octanol–water partition coefficient (Wildman–Crippen LogP) is 5.67. The lowest BCUT2D eigenvalue weighted by Gasteiger charge is -2.09. The van der Waals surface area contributed by atoms with Crippen molar-refractivity contribution >= 4 is 46.9 Å². The van der Waals surface area contributed by atoms with E-state index in [0.717, 1.165) is 18.2 Å². The molecule has 0 fully saturated rings. The molecule has 1 aromatic heterocycles. The summed E-state index contributed by atoms with van der Waals surface area (Å²) in [6.45, 7) is 0.883. The molecule has 0 saturated carbocycles. The molecule has 9 nitrogen and oxygen atoms in total. The number of carbonyl (C=O) groups excluding carboxylic acids is 3. The second-order valence-electron chi connectivity index (χ2n) is 7.05. The first-order chi connectivity index (χ1) is 17.5. The zero-order valence-electron chi connectivity index (χ0n) is 18.9. The van der Waals surface area contributed by atoms with Crippen LogP contribution in [0.5, 0.6) is 5.88 Å². The van der Waals surface area contributed by atoms with Gasteiger partial charge in [0.25, 0.3) is 11.8 Å². The molecule has 0 radical (unpaired) electrons. The molecule has 2 aromatic carbocycles. The molecule has 37 heavy (non-hydrogen) atoms. The number of carbonyl (C=O) groups is 3. The van der Waals surface area contributed by atoms with Crippen molar-refractivity contribution in [2.45, 2.75) is 13.1 Å². The molecular formula is C23H17Cl2F3N2O7. The molecule has 14 heteroatoms. The molecular weight excluding hydrogens is 544 g/mol. The van der Waals surface area contributed by atoms with Crippen molar-refractivity contribution in [3.8, 4) is 5.88 Å². The summed E-state index contributed by atoms with van der Waals surface area (Å²) in [6.07, 6.45) is -4.66. The minimum atomic E-state index is -4.66. The molecule has 0 unspecified atom stereocenters. The Hall–Kier alpha value is -3.77. The smallest absolute Gasteiger partial charge is 0.416 e. The molecule has 0 aliphatic carbocycles. The maximum atomic E-state index is 13.0. The van der Waals surface area contributed by atoms with Crippen LogP contribution in [-0.2, 0) is 15.7 Å². The van der Waals surface area contributed by atoms with Crippen LogP contribution in [0.4, 0.5) is 19.1 Å². The van der Waals surface area contributed by atoms with Crippen LogP contribution in [0.3, 0.4) is 0 Å². The average molecular weight is 561 g/mol. The highest BCUT2D eigenvalue weighted by Crippen LogP contribution is 2.31. The zero-order chi connectivity index (χ0) is 27.2. The van der Waals surface area contributed by atoms with E-state index in [-0.39, 0.29) is 36.0 Å². The molecule has 0 atom stereocenters. The fourth-order valence-electron chi connectivity index (χ4n) is 2.86. The van der Waals surface area contributed by atoms with Gasteiger partial charge in [-0.25, -0.2) is 9.59 Å². The van der Waals surface area contributed by atoms with E-state index in [4.69, 9.17) is 41.9 Å². The molecule has 0 aliphatic rings. The van der Waals surface area contributed by atoms with Gasteiger partial charge in [0.05, 0.1) is 22.8 Å². The number of nitrogens with one attached hydrogen (secondary N) is 1. The average Bonchev–Trinajstić information content (AvgIpc) is 3.23. The minimum Gasteiger partial charge on any atom is -0.471 e. The number of alkyl halides is 3.